The number of benzene rings is 1. The van der Waals surface area contributed by atoms with E-state index >= 15 is 0 Å². The number of aryl methyl sites for hydroxylation is 3. The standard InChI is InChI=1S/C20H31N3O2/c1-13(2)17-10-23(12-19(21)24)11-18(17)22-20(25)8-7-16-6-5-14(3)15(4)9-16/h5-6,9,13,17-18H,7-8,10-12H2,1-4H3,(H2,21,24)(H,22,25)/t17-,18+/m0/s1. The molecule has 25 heavy (non-hydrogen) atoms. The number of amides is 2. The molecule has 0 aromatic heterocycles. The molecule has 2 amide bonds. The molecule has 0 saturated carbocycles. The highest BCUT2D eigenvalue weighted by Crippen LogP contribution is 2.24. The van der Waals surface area contributed by atoms with Gasteiger partial charge in [-0.25, -0.2) is 0 Å². The third-order valence-electron chi connectivity index (χ3n) is 5.23. The first-order valence-electron chi connectivity index (χ1n) is 9.12. The SMILES string of the molecule is Cc1ccc(CCC(=O)N[C@@H]2CN(CC(N)=O)C[C@H]2C(C)C)cc1C. The molecule has 0 spiro atoms. The monoisotopic (exact) mass is 345 g/mol. The summed E-state index contributed by atoms with van der Waals surface area (Å²) in [6.07, 6.45) is 1.23. The lowest BCUT2D eigenvalue weighted by Crippen LogP contribution is -2.42. The van der Waals surface area contributed by atoms with E-state index in [9.17, 15) is 9.59 Å². The lowest BCUT2D eigenvalue weighted by atomic mass is 9.91. The molecule has 5 nitrogen and oxygen atoms in total. The first-order valence-corrected chi connectivity index (χ1v) is 9.12. The Bertz CT molecular complexity index is 627. The Morgan fingerprint density at radius 2 is 1.96 bits per heavy atom. The molecule has 1 aliphatic rings. The second-order valence-corrected chi connectivity index (χ2v) is 7.66. The summed E-state index contributed by atoms with van der Waals surface area (Å²) in [5.41, 5.74) is 9.03. The zero-order chi connectivity index (χ0) is 18.6. The van der Waals surface area contributed by atoms with E-state index in [0.29, 0.717) is 24.8 Å². The molecule has 0 bridgehead atoms. The first kappa shape index (κ1) is 19.4. The highest BCUT2D eigenvalue weighted by molar-refractivity contribution is 5.77. The Morgan fingerprint density at radius 3 is 2.56 bits per heavy atom. The van der Waals surface area contributed by atoms with E-state index in [-0.39, 0.29) is 24.4 Å². The summed E-state index contributed by atoms with van der Waals surface area (Å²) in [6.45, 7) is 10.3. The molecule has 2 atom stereocenters. The van der Waals surface area contributed by atoms with Gasteiger partial charge < -0.3 is 11.1 Å². The second-order valence-electron chi connectivity index (χ2n) is 7.66. The van der Waals surface area contributed by atoms with Crippen LogP contribution in [0.15, 0.2) is 18.2 Å². The molecule has 1 fully saturated rings. The molecule has 1 heterocycles. The van der Waals surface area contributed by atoms with Crippen molar-refractivity contribution in [2.24, 2.45) is 17.6 Å². The van der Waals surface area contributed by atoms with Crippen molar-refractivity contribution >= 4 is 11.8 Å². The van der Waals surface area contributed by atoms with Crippen molar-refractivity contribution in [3.05, 3.63) is 34.9 Å². The molecular weight excluding hydrogens is 314 g/mol. The molecule has 1 aliphatic heterocycles. The number of carbonyl (C=O) groups is 2. The highest BCUT2D eigenvalue weighted by Gasteiger charge is 2.35. The normalized spacial score (nSPS) is 20.8. The van der Waals surface area contributed by atoms with E-state index in [0.717, 1.165) is 13.0 Å². The van der Waals surface area contributed by atoms with Crippen molar-refractivity contribution in [3.8, 4) is 0 Å². The maximum atomic E-state index is 12.4. The third-order valence-corrected chi connectivity index (χ3v) is 5.23. The van der Waals surface area contributed by atoms with E-state index in [2.05, 4.69) is 51.2 Å². The summed E-state index contributed by atoms with van der Waals surface area (Å²) in [6, 6.07) is 6.45. The minimum absolute atomic E-state index is 0.0785. The number of rotatable bonds is 7. The van der Waals surface area contributed by atoms with Gasteiger partial charge in [-0.15, -0.1) is 0 Å². The van der Waals surface area contributed by atoms with Gasteiger partial charge in [0, 0.05) is 25.6 Å². The molecular formula is C20H31N3O2. The van der Waals surface area contributed by atoms with Gasteiger partial charge in [0.15, 0.2) is 0 Å². The lowest BCUT2D eigenvalue weighted by Gasteiger charge is -2.23. The fraction of sp³-hybridized carbons (Fsp3) is 0.600. The van der Waals surface area contributed by atoms with Crippen LogP contribution in [0.25, 0.3) is 0 Å². The van der Waals surface area contributed by atoms with Crippen molar-refractivity contribution in [1.82, 2.24) is 10.2 Å². The van der Waals surface area contributed by atoms with Crippen LogP contribution in [0.2, 0.25) is 0 Å². The van der Waals surface area contributed by atoms with E-state index in [1.165, 1.54) is 16.7 Å². The molecule has 3 N–H and O–H groups in total. The van der Waals surface area contributed by atoms with Crippen LogP contribution in [0.5, 0.6) is 0 Å². The smallest absolute Gasteiger partial charge is 0.231 e. The maximum absolute atomic E-state index is 12.4. The van der Waals surface area contributed by atoms with Crippen molar-refractivity contribution < 1.29 is 9.59 Å². The van der Waals surface area contributed by atoms with Crippen molar-refractivity contribution in [2.45, 2.75) is 46.6 Å². The number of likely N-dealkylation sites (tertiary alicyclic amines) is 1. The van der Waals surface area contributed by atoms with Gasteiger partial charge in [-0.3, -0.25) is 14.5 Å². The van der Waals surface area contributed by atoms with Crippen LogP contribution >= 0.6 is 0 Å². The maximum Gasteiger partial charge on any atom is 0.231 e. The average molecular weight is 345 g/mol. The summed E-state index contributed by atoms with van der Waals surface area (Å²) in [5, 5.41) is 3.18. The minimum atomic E-state index is -0.316. The fourth-order valence-corrected chi connectivity index (χ4v) is 3.59. The summed E-state index contributed by atoms with van der Waals surface area (Å²) < 4.78 is 0. The van der Waals surface area contributed by atoms with Gasteiger partial charge in [0.05, 0.1) is 6.54 Å². The molecule has 1 saturated heterocycles. The van der Waals surface area contributed by atoms with E-state index in [4.69, 9.17) is 5.73 Å². The number of nitrogens with zero attached hydrogens (tertiary/aromatic N) is 1. The average Bonchev–Trinajstić information content (AvgIpc) is 2.90. The number of primary amides is 1. The molecule has 0 radical (unpaired) electrons. The molecule has 1 aromatic carbocycles. The Labute approximate surface area is 151 Å². The van der Waals surface area contributed by atoms with E-state index in [1.807, 2.05) is 4.90 Å². The summed E-state index contributed by atoms with van der Waals surface area (Å²) in [5.74, 6) is 0.562. The quantitative estimate of drug-likeness (QED) is 0.791. The van der Waals surface area contributed by atoms with E-state index < -0.39 is 0 Å². The van der Waals surface area contributed by atoms with Crippen molar-refractivity contribution in [1.29, 1.82) is 0 Å². The molecule has 2 rings (SSSR count). The topological polar surface area (TPSA) is 75.4 Å². The third kappa shape index (κ3) is 5.56. The van der Waals surface area contributed by atoms with Gasteiger partial charge in [-0.2, -0.15) is 0 Å². The number of nitrogens with two attached hydrogens (primary N) is 1. The van der Waals surface area contributed by atoms with Crippen LogP contribution in [-0.4, -0.2) is 42.4 Å². The van der Waals surface area contributed by atoms with Gasteiger partial charge in [-0.05, 0) is 48.8 Å². The Morgan fingerprint density at radius 1 is 1.24 bits per heavy atom. The Hall–Kier alpha value is -1.88. The molecule has 0 unspecified atom stereocenters. The van der Waals surface area contributed by atoms with Gasteiger partial charge in [-0.1, -0.05) is 32.0 Å². The fourth-order valence-electron chi connectivity index (χ4n) is 3.59. The number of carbonyl (C=O) groups excluding carboxylic acids is 2. The summed E-state index contributed by atoms with van der Waals surface area (Å²) in [7, 11) is 0. The van der Waals surface area contributed by atoms with Crippen LogP contribution in [0.1, 0.15) is 37.0 Å². The molecule has 0 aliphatic carbocycles. The molecule has 138 valence electrons. The van der Waals surface area contributed by atoms with Crippen LogP contribution in [0.3, 0.4) is 0 Å². The second kappa shape index (κ2) is 8.48. The molecule has 5 heteroatoms. The zero-order valence-corrected chi connectivity index (χ0v) is 15.8. The lowest BCUT2D eigenvalue weighted by molar-refractivity contribution is -0.122. The van der Waals surface area contributed by atoms with Gasteiger partial charge in [0.25, 0.3) is 0 Å². The van der Waals surface area contributed by atoms with Crippen molar-refractivity contribution in [3.63, 3.8) is 0 Å². The van der Waals surface area contributed by atoms with Crippen LogP contribution < -0.4 is 11.1 Å². The summed E-state index contributed by atoms with van der Waals surface area (Å²) >= 11 is 0. The Kier molecular flexibility index (Phi) is 6.59. The van der Waals surface area contributed by atoms with E-state index in [1.54, 1.807) is 0 Å². The predicted molar refractivity (Wildman–Crippen MR) is 100 cm³/mol. The van der Waals surface area contributed by atoms with Gasteiger partial charge in [0.1, 0.15) is 0 Å². The van der Waals surface area contributed by atoms with Crippen molar-refractivity contribution in [2.75, 3.05) is 19.6 Å². The van der Waals surface area contributed by atoms with Crippen LogP contribution in [0, 0.1) is 25.7 Å². The van der Waals surface area contributed by atoms with Gasteiger partial charge in [0.2, 0.25) is 11.8 Å². The summed E-state index contributed by atoms with van der Waals surface area (Å²) in [4.78, 5) is 25.6. The predicted octanol–water partition coefficient (Wildman–Crippen LogP) is 1.79. The van der Waals surface area contributed by atoms with Crippen LogP contribution in [0.4, 0.5) is 0 Å². The number of hydrogen-bond acceptors (Lipinski definition) is 3. The number of hydrogen-bond donors (Lipinski definition) is 2. The van der Waals surface area contributed by atoms with Gasteiger partial charge >= 0.3 is 0 Å². The Balaban J connectivity index is 1.89. The van der Waals surface area contributed by atoms with Crippen LogP contribution in [-0.2, 0) is 16.0 Å². The number of nitrogens with one attached hydrogen (secondary N) is 1. The largest absolute Gasteiger partial charge is 0.369 e. The highest BCUT2D eigenvalue weighted by atomic mass is 16.2. The first-order chi connectivity index (χ1) is 11.8. The molecule has 1 aromatic rings. The zero-order valence-electron chi connectivity index (χ0n) is 15.8. The minimum Gasteiger partial charge on any atom is -0.369 e.